The smallest absolute Gasteiger partial charge is 0.244 e. The van der Waals surface area contributed by atoms with Gasteiger partial charge in [0.05, 0.1) is 35.4 Å². The van der Waals surface area contributed by atoms with Gasteiger partial charge in [0.2, 0.25) is 11.9 Å². The fourth-order valence-corrected chi connectivity index (χ4v) is 2.11. The second-order valence-electron chi connectivity index (χ2n) is 5.08. The van der Waals surface area contributed by atoms with E-state index in [4.69, 9.17) is 0 Å². The second kappa shape index (κ2) is 5.80. The molecule has 7 heteroatoms. The molecule has 1 N–H and O–H groups in total. The first-order valence-electron chi connectivity index (χ1n) is 6.82. The Kier molecular flexibility index (Phi) is 3.69. The van der Waals surface area contributed by atoms with Gasteiger partial charge in [-0.2, -0.15) is 0 Å². The third kappa shape index (κ3) is 2.88. The van der Waals surface area contributed by atoms with Crippen LogP contribution >= 0.6 is 0 Å². The zero-order chi connectivity index (χ0) is 15.5. The topological polar surface area (TPSA) is 75.9 Å². The number of aromatic nitrogens is 4. The fraction of sp³-hybridized carbons (Fsp3) is 0.200. The molecule has 1 aromatic carbocycles. The van der Waals surface area contributed by atoms with Crippen LogP contribution in [0, 0.1) is 0 Å². The monoisotopic (exact) mass is 296 g/mol. The van der Waals surface area contributed by atoms with Gasteiger partial charge in [-0.05, 0) is 12.1 Å². The van der Waals surface area contributed by atoms with Crippen molar-refractivity contribution < 1.29 is 4.79 Å². The molecule has 0 spiro atoms. The van der Waals surface area contributed by atoms with Crippen LogP contribution in [-0.4, -0.2) is 39.5 Å². The molecule has 0 unspecified atom stereocenters. The Morgan fingerprint density at radius 2 is 1.91 bits per heavy atom. The summed E-state index contributed by atoms with van der Waals surface area (Å²) in [6, 6.07) is 7.69. The third-order valence-corrected chi connectivity index (χ3v) is 3.16. The van der Waals surface area contributed by atoms with Crippen LogP contribution in [0.4, 0.5) is 11.6 Å². The highest BCUT2D eigenvalue weighted by Gasteiger charge is 2.08. The van der Waals surface area contributed by atoms with E-state index < -0.39 is 0 Å². The number of imidazole rings is 1. The van der Waals surface area contributed by atoms with E-state index in [2.05, 4.69) is 20.3 Å². The van der Waals surface area contributed by atoms with Gasteiger partial charge in [0.15, 0.2) is 0 Å². The standard InChI is InChI=1S/C15H16N6O/c1-20(2)15-16-7-11(8-17-15)19-14(22)9-21-10-18-12-5-3-4-6-13(12)21/h3-8,10H,9H2,1-2H3,(H,19,22). The highest BCUT2D eigenvalue weighted by Crippen LogP contribution is 2.12. The van der Waals surface area contributed by atoms with Gasteiger partial charge in [-0.3, -0.25) is 4.79 Å². The molecule has 2 heterocycles. The lowest BCUT2D eigenvalue weighted by Crippen LogP contribution is -2.19. The predicted molar refractivity (Wildman–Crippen MR) is 84.7 cm³/mol. The van der Waals surface area contributed by atoms with Gasteiger partial charge in [-0.1, -0.05) is 12.1 Å². The Morgan fingerprint density at radius 1 is 1.18 bits per heavy atom. The molecule has 0 aliphatic carbocycles. The summed E-state index contributed by atoms with van der Waals surface area (Å²) in [4.78, 5) is 26.5. The molecule has 112 valence electrons. The maximum atomic E-state index is 12.1. The molecule has 0 aliphatic rings. The van der Waals surface area contributed by atoms with Crippen molar-refractivity contribution in [3.8, 4) is 0 Å². The normalized spacial score (nSPS) is 10.6. The third-order valence-electron chi connectivity index (χ3n) is 3.16. The zero-order valence-corrected chi connectivity index (χ0v) is 12.4. The molecule has 0 saturated carbocycles. The molecule has 0 atom stereocenters. The molecule has 0 radical (unpaired) electrons. The molecule has 0 aliphatic heterocycles. The van der Waals surface area contributed by atoms with Crippen molar-refractivity contribution >= 4 is 28.6 Å². The highest BCUT2D eigenvalue weighted by molar-refractivity contribution is 5.91. The maximum absolute atomic E-state index is 12.1. The van der Waals surface area contributed by atoms with E-state index in [1.165, 1.54) is 0 Å². The van der Waals surface area contributed by atoms with Crippen LogP contribution in [0.15, 0.2) is 43.0 Å². The second-order valence-corrected chi connectivity index (χ2v) is 5.08. The van der Waals surface area contributed by atoms with Crippen molar-refractivity contribution in [2.75, 3.05) is 24.3 Å². The summed E-state index contributed by atoms with van der Waals surface area (Å²) in [5.41, 5.74) is 2.37. The van der Waals surface area contributed by atoms with E-state index in [0.717, 1.165) is 11.0 Å². The number of amides is 1. The number of nitrogens with zero attached hydrogens (tertiary/aromatic N) is 5. The van der Waals surface area contributed by atoms with Gasteiger partial charge < -0.3 is 14.8 Å². The number of nitrogens with one attached hydrogen (secondary N) is 1. The van der Waals surface area contributed by atoms with Gasteiger partial charge in [0, 0.05) is 14.1 Å². The molecule has 3 aromatic rings. The molecule has 22 heavy (non-hydrogen) atoms. The minimum atomic E-state index is -0.149. The highest BCUT2D eigenvalue weighted by atomic mass is 16.1. The quantitative estimate of drug-likeness (QED) is 0.790. The average Bonchev–Trinajstić information content (AvgIpc) is 2.91. The van der Waals surface area contributed by atoms with Crippen molar-refractivity contribution in [1.29, 1.82) is 0 Å². The van der Waals surface area contributed by atoms with Crippen LogP contribution in [0.2, 0.25) is 0 Å². The number of anilines is 2. The zero-order valence-electron chi connectivity index (χ0n) is 12.4. The van der Waals surface area contributed by atoms with Crippen LogP contribution in [-0.2, 0) is 11.3 Å². The number of benzene rings is 1. The minimum absolute atomic E-state index is 0.149. The molecule has 0 bridgehead atoms. The van der Waals surface area contributed by atoms with Crippen molar-refractivity contribution in [2.45, 2.75) is 6.54 Å². The Balaban J connectivity index is 1.69. The van der Waals surface area contributed by atoms with E-state index in [1.807, 2.05) is 38.4 Å². The molecule has 2 aromatic heterocycles. The Labute approximate surface area is 127 Å². The van der Waals surface area contributed by atoms with E-state index >= 15 is 0 Å². The summed E-state index contributed by atoms with van der Waals surface area (Å²) >= 11 is 0. The van der Waals surface area contributed by atoms with Gasteiger partial charge in [0.25, 0.3) is 0 Å². The van der Waals surface area contributed by atoms with Crippen molar-refractivity contribution in [3.05, 3.63) is 43.0 Å². The lowest BCUT2D eigenvalue weighted by Gasteiger charge is -2.10. The fourth-order valence-electron chi connectivity index (χ4n) is 2.11. The number of carbonyl (C=O) groups excluding carboxylic acids is 1. The SMILES string of the molecule is CN(C)c1ncc(NC(=O)Cn2cnc3ccccc32)cn1. The van der Waals surface area contributed by atoms with Gasteiger partial charge in [-0.15, -0.1) is 0 Å². The number of fused-ring (bicyclic) bond motifs is 1. The molecular weight excluding hydrogens is 280 g/mol. The van der Waals surface area contributed by atoms with Gasteiger partial charge in [0.1, 0.15) is 6.54 Å². The summed E-state index contributed by atoms with van der Waals surface area (Å²) in [7, 11) is 3.72. The lowest BCUT2D eigenvalue weighted by atomic mass is 10.3. The first-order valence-corrected chi connectivity index (χ1v) is 6.82. The number of para-hydroxylation sites is 2. The van der Waals surface area contributed by atoms with Crippen molar-refractivity contribution in [1.82, 2.24) is 19.5 Å². The maximum Gasteiger partial charge on any atom is 0.244 e. The first-order chi connectivity index (χ1) is 10.6. The van der Waals surface area contributed by atoms with Crippen LogP contribution in [0.25, 0.3) is 11.0 Å². The number of hydrogen-bond donors (Lipinski definition) is 1. The summed E-state index contributed by atoms with van der Waals surface area (Å²) in [5, 5.41) is 2.78. The Morgan fingerprint density at radius 3 is 2.64 bits per heavy atom. The predicted octanol–water partition coefficient (Wildman–Crippen LogP) is 1.53. The Bertz CT molecular complexity index is 793. The van der Waals surface area contributed by atoms with E-state index in [-0.39, 0.29) is 12.5 Å². The van der Waals surface area contributed by atoms with Crippen molar-refractivity contribution in [3.63, 3.8) is 0 Å². The van der Waals surface area contributed by atoms with Crippen LogP contribution in [0.1, 0.15) is 0 Å². The molecule has 0 saturated heterocycles. The van der Waals surface area contributed by atoms with Crippen LogP contribution in [0.3, 0.4) is 0 Å². The molecular formula is C15H16N6O. The van der Waals surface area contributed by atoms with Gasteiger partial charge >= 0.3 is 0 Å². The summed E-state index contributed by atoms with van der Waals surface area (Å²) < 4.78 is 1.81. The minimum Gasteiger partial charge on any atom is -0.347 e. The van der Waals surface area contributed by atoms with E-state index in [1.54, 1.807) is 28.2 Å². The van der Waals surface area contributed by atoms with Crippen molar-refractivity contribution in [2.24, 2.45) is 0 Å². The molecule has 1 amide bonds. The summed E-state index contributed by atoms with van der Waals surface area (Å²) in [6.07, 6.45) is 4.84. The van der Waals surface area contributed by atoms with Gasteiger partial charge in [-0.25, -0.2) is 15.0 Å². The molecule has 7 nitrogen and oxygen atoms in total. The Hall–Kier alpha value is -2.96. The lowest BCUT2D eigenvalue weighted by molar-refractivity contribution is -0.116. The molecule has 0 fully saturated rings. The van der Waals surface area contributed by atoms with E-state index in [0.29, 0.717) is 11.6 Å². The van der Waals surface area contributed by atoms with E-state index in [9.17, 15) is 4.79 Å². The number of hydrogen-bond acceptors (Lipinski definition) is 5. The number of carbonyl (C=O) groups is 1. The molecule has 3 rings (SSSR count). The summed E-state index contributed by atoms with van der Waals surface area (Å²) in [5.74, 6) is 0.447. The van der Waals surface area contributed by atoms with Crippen LogP contribution in [0.5, 0.6) is 0 Å². The number of rotatable bonds is 4. The summed E-state index contributed by atoms with van der Waals surface area (Å²) in [6.45, 7) is 0.190. The largest absolute Gasteiger partial charge is 0.347 e. The average molecular weight is 296 g/mol. The first kappa shape index (κ1) is 14.0. The van der Waals surface area contributed by atoms with Crippen LogP contribution < -0.4 is 10.2 Å².